The Labute approximate surface area is 138 Å². The van der Waals surface area contributed by atoms with Crippen LogP contribution in [-0.2, 0) is 4.84 Å². The minimum Gasteiger partial charge on any atom is -0.397 e. The summed E-state index contributed by atoms with van der Waals surface area (Å²) in [7, 11) is 1.44. The number of rotatable bonds is 4. The smallest absolute Gasteiger partial charge is 0.170 e. The van der Waals surface area contributed by atoms with E-state index in [1.54, 1.807) is 30.5 Å². The van der Waals surface area contributed by atoms with Crippen molar-refractivity contribution in [3.63, 3.8) is 0 Å². The fourth-order valence-electron chi connectivity index (χ4n) is 2.23. The SMILES string of the molecule is CON=C(N)c1ccc(N=Nc2c(N)ncc3ccccc23)cc1. The van der Waals surface area contributed by atoms with Crippen LogP contribution in [0.1, 0.15) is 5.56 Å². The van der Waals surface area contributed by atoms with Gasteiger partial charge in [-0.25, -0.2) is 4.98 Å². The van der Waals surface area contributed by atoms with Gasteiger partial charge in [-0.05, 0) is 24.3 Å². The summed E-state index contributed by atoms with van der Waals surface area (Å²) < 4.78 is 0. The van der Waals surface area contributed by atoms with Crippen molar-refractivity contribution in [2.24, 2.45) is 21.1 Å². The van der Waals surface area contributed by atoms with Crippen LogP contribution in [0.5, 0.6) is 0 Å². The summed E-state index contributed by atoms with van der Waals surface area (Å²) in [4.78, 5) is 8.80. The van der Waals surface area contributed by atoms with Crippen LogP contribution >= 0.6 is 0 Å². The summed E-state index contributed by atoms with van der Waals surface area (Å²) in [5.41, 5.74) is 13.6. The van der Waals surface area contributed by atoms with E-state index in [2.05, 4.69) is 25.2 Å². The van der Waals surface area contributed by atoms with E-state index in [0.717, 1.165) is 16.3 Å². The molecule has 0 unspecified atom stereocenters. The Bertz CT molecular complexity index is 918. The van der Waals surface area contributed by atoms with Gasteiger partial charge >= 0.3 is 0 Å². The molecule has 0 aliphatic heterocycles. The molecular weight excluding hydrogens is 304 g/mol. The van der Waals surface area contributed by atoms with Gasteiger partial charge in [0, 0.05) is 22.5 Å². The third kappa shape index (κ3) is 3.14. The quantitative estimate of drug-likeness (QED) is 0.331. The fourth-order valence-corrected chi connectivity index (χ4v) is 2.23. The summed E-state index contributed by atoms with van der Waals surface area (Å²) in [5, 5.41) is 14.0. The molecule has 0 bridgehead atoms. The molecule has 0 atom stereocenters. The van der Waals surface area contributed by atoms with Crippen LogP contribution in [0.2, 0.25) is 0 Å². The summed E-state index contributed by atoms with van der Waals surface area (Å²) in [6.07, 6.45) is 1.72. The van der Waals surface area contributed by atoms with E-state index < -0.39 is 0 Å². The van der Waals surface area contributed by atoms with E-state index in [9.17, 15) is 0 Å². The lowest BCUT2D eigenvalue weighted by molar-refractivity contribution is 0.213. The zero-order valence-electron chi connectivity index (χ0n) is 13.0. The monoisotopic (exact) mass is 320 g/mol. The first-order valence-electron chi connectivity index (χ1n) is 7.21. The molecule has 1 heterocycles. The zero-order chi connectivity index (χ0) is 16.9. The average Bonchev–Trinajstić information content (AvgIpc) is 2.61. The summed E-state index contributed by atoms with van der Waals surface area (Å²) in [6, 6.07) is 14.9. The average molecular weight is 320 g/mol. The minimum atomic E-state index is 0.295. The Morgan fingerprint density at radius 1 is 1.04 bits per heavy atom. The van der Waals surface area contributed by atoms with E-state index in [4.69, 9.17) is 11.5 Å². The van der Waals surface area contributed by atoms with E-state index in [1.165, 1.54) is 7.11 Å². The predicted molar refractivity (Wildman–Crippen MR) is 94.5 cm³/mol. The first kappa shape index (κ1) is 15.4. The molecule has 0 amide bonds. The van der Waals surface area contributed by atoms with Crippen molar-refractivity contribution >= 4 is 33.8 Å². The summed E-state index contributed by atoms with van der Waals surface area (Å²) in [6.45, 7) is 0. The minimum absolute atomic E-state index is 0.295. The maximum absolute atomic E-state index is 5.94. The number of pyridine rings is 1. The largest absolute Gasteiger partial charge is 0.397 e. The normalized spacial score (nSPS) is 12.0. The Morgan fingerprint density at radius 2 is 1.79 bits per heavy atom. The molecule has 0 aliphatic carbocycles. The van der Waals surface area contributed by atoms with Crippen LogP contribution in [0.25, 0.3) is 10.8 Å². The highest BCUT2D eigenvalue weighted by Crippen LogP contribution is 2.31. The van der Waals surface area contributed by atoms with E-state index in [0.29, 0.717) is 23.0 Å². The number of anilines is 1. The number of nitrogen functional groups attached to an aromatic ring is 1. The number of nitrogens with two attached hydrogens (primary N) is 2. The molecule has 3 rings (SSSR count). The maximum Gasteiger partial charge on any atom is 0.170 e. The molecule has 0 saturated carbocycles. The Hall–Kier alpha value is -3.48. The van der Waals surface area contributed by atoms with Gasteiger partial charge in [-0.15, -0.1) is 5.11 Å². The number of benzene rings is 2. The first-order valence-corrected chi connectivity index (χ1v) is 7.21. The third-order valence-electron chi connectivity index (χ3n) is 3.42. The maximum atomic E-state index is 5.94. The van der Waals surface area contributed by atoms with Crippen molar-refractivity contribution in [1.29, 1.82) is 0 Å². The predicted octanol–water partition coefficient (Wildman–Crippen LogP) is 3.50. The molecule has 0 saturated heterocycles. The molecule has 4 N–H and O–H groups in total. The Balaban J connectivity index is 1.92. The zero-order valence-corrected chi connectivity index (χ0v) is 13.0. The lowest BCUT2D eigenvalue weighted by atomic mass is 10.1. The number of hydrogen-bond donors (Lipinski definition) is 2. The number of aromatic nitrogens is 1. The summed E-state index contributed by atoms with van der Waals surface area (Å²) >= 11 is 0. The van der Waals surface area contributed by atoms with Crippen molar-refractivity contribution in [3.05, 3.63) is 60.3 Å². The highest BCUT2D eigenvalue weighted by molar-refractivity contribution is 5.97. The molecule has 1 aromatic heterocycles. The number of amidine groups is 1. The van der Waals surface area contributed by atoms with Crippen molar-refractivity contribution in [2.45, 2.75) is 0 Å². The first-order chi connectivity index (χ1) is 11.7. The second-order valence-corrected chi connectivity index (χ2v) is 4.99. The molecule has 7 heteroatoms. The van der Waals surface area contributed by atoms with Crippen LogP contribution in [0.4, 0.5) is 17.2 Å². The molecule has 0 radical (unpaired) electrons. The van der Waals surface area contributed by atoms with Crippen molar-refractivity contribution in [1.82, 2.24) is 4.98 Å². The molecule has 7 nitrogen and oxygen atoms in total. The van der Waals surface area contributed by atoms with Crippen LogP contribution in [0, 0.1) is 0 Å². The van der Waals surface area contributed by atoms with Gasteiger partial charge in [-0.3, -0.25) is 0 Å². The van der Waals surface area contributed by atoms with Crippen LogP contribution in [0.3, 0.4) is 0 Å². The second-order valence-electron chi connectivity index (χ2n) is 4.99. The molecule has 24 heavy (non-hydrogen) atoms. The standard InChI is InChI=1S/C17H16N6O/c1-24-23-16(18)11-6-8-13(9-7-11)21-22-15-14-5-3-2-4-12(14)10-20-17(15)19/h2-10H,1H3,(H2,18,23)(H2,19,20). The van der Waals surface area contributed by atoms with Gasteiger partial charge in [0.2, 0.25) is 0 Å². The van der Waals surface area contributed by atoms with Crippen LogP contribution in [-0.4, -0.2) is 17.9 Å². The van der Waals surface area contributed by atoms with Crippen LogP contribution < -0.4 is 11.5 Å². The topological polar surface area (TPSA) is 111 Å². The highest BCUT2D eigenvalue weighted by Gasteiger charge is 2.06. The van der Waals surface area contributed by atoms with Crippen LogP contribution in [0.15, 0.2) is 70.1 Å². The van der Waals surface area contributed by atoms with Gasteiger partial charge in [0.15, 0.2) is 11.7 Å². The van der Waals surface area contributed by atoms with E-state index in [-0.39, 0.29) is 0 Å². The van der Waals surface area contributed by atoms with Gasteiger partial charge in [0.1, 0.15) is 12.8 Å². The molecule has 120 valence electrons. The van der Waals surface area contributed by atoms with E-state index >= 15 is 0 Å². The number of nitrogens with zero attached hydrogens (tertiary/aromatic N) is 4. The second kappa shape index (κ2) is 6.74. The number of oxime groups is 1. The lowest BCUT2D eigenvalue weighted by Gasteiger charge is -2.03. The Morgan fingerprint density at radius 3 is 2.54 bits per heavy atom. The van der Waals surface area contributed by atoms with Crippen molar-refractivity contribution in [2.75, 3.05) is 12.8 Å². The number of fused-ring (bicyclic) bond motifs is 1. The molecule has 2 aromatic carbocycles. The molecule has 3 aromatic rings. The number of azo groups is 1. The molecule has 0 fully saturated rings. The lowest BCUT2D eigenvalue weighted by Crippen LogP contribution is -2.13. The van der Waals surface area contributed by atoms with Gasteiger partial charge < -0.3 is 16.3 Å². The van der Waals surface area contributed by atoms with Gasteiger partial charge in [-0.2, -0.15) is 5.11 Å². The molecule has 0 aliphatic rings. The van der Waals surface area contributed by atoms with Gasteiger partial charge in [0.25, 0.3) is 0 Å². The third-order valence-corrected chi connectivity index (χ3v) is 3.42. The highest BCUT2D eigenvalue weighted by atomic mass is 16.6. The summed E-state index contributed by atoms with van der Waals surface area (Å²) in [5.74, 6) is 0.633. The van der Waals surface area contributed by atoms with Crippen molar-refractivity contribution in [3.8, 4) is 0 Å². The van der Waals surface area contributed by atoms with E-state index in [1.807, 2.05) is 24.3 Å². The number of hydrogen-bond acceptors (Lipinski definition) is 6. The fraction of sp³-hybridized carbons (Fsp3) is 0.0588. The molecular formula is C17H16N6O. The van der Waals surface area contributed by atoms with Gasteiger partial charge in [0.05, 0.1) is 5.69 Å². The Kier molecular flexibility index (Phi) is 4.33. The van der Waals surface area contributed by atoms with Crippen molar-refractivity contribution < 1.29 is 4.84 Å². The van der Waals surface area contributed by atoms with Gasteiger partial charge in [-0.1, -0.05) is 29.4 Å². The molecule has 0 spiro atoms.